The summed E-state index contributed by atoms with van der Waals surface area (Å²) in [7, 11) is 0. The summed E-state index contributed by atoms with van der Waals surface area (Å²) < 4.78 is 10.4. The van der Waals surface area contributed by atoms with Gasteiger partial charge < -0.3 is 20.5 Å². The number of benzene rings is 1. The number of nitrogens with one attached hydrogen (secondary N) is 1. The van der Waals surface area contributed by atoms with E-state index >= 15 is 0 Å². The number of primary amides is 1. The van der Waals surface area contributed by atoms with Crippen molar-refractivity contribution in [3.8, 4) is 17.7 Å². The summed E-state index contributed by atoms with van der Waals surface area (Å²) in [6.07, 6.45) is 0.457. The van der Waals surface area contributed by atoms with Crippen LogP contribution in [-0.4, -0.2) is 23.1 Å². The second-order valence-corrected chi connectivity index (χ2v) is 5.59. The van der Waals surface area contributed by atoms with E-state index in [2.05, 4.69) is 16.4 Å². The van der Waals surface area contributed by atoms with Gasteiger partial charge in [-0.25, -0.2) is 9.78 Å². The minimum atomic E-state index is -1.01. The van der Waals surface area contributed by atoms with Crippen molar-refractivity contribution in [1.29, 1.82) is 5.26 Å². The molecule has 0 aliphatic carbocycles. The molecule has 0 saturated carbocycles. The predicted octanol–water partition coefficient (Wildman–Crippen LogP) is 3.12. The molecule has 0 spiro atoms. The van der Waals surface area contributed by atoms with Crippen LogP contribution in [0.5, 0.6) is 11.6 Å². The molecule has 0 radical (unpaired) electrons. The topological polar surface area (TPSA) is 127 Å². The van der Waals surface area contributed by atoms with Crippen molar-refractivity contribution in [2.45, 2.75) is 32.8 Å². The molecular formula is C19H20N4O4. The Bertz CT molecular complexity index is 859. The number of pyridine rings is 1. The van der Waals surface area contributed by atoms with E-state index in [1.165, 1.54) is 6.20 Å². The SMILES string of the molecule is CCc1cc(Oc2ccc(NC(=O)[C@@H](CC)OC(N)=O)cn2)ccc1C#N. The van der Waals surface area contributed by atoms with Gasteiger partial charge in [0.05, 0.1) is 23.5 Å². The summed E-state index contributed by atoms with van der Waals surface area (Å²) in [6.45, 7) is 3.66. The molecule has 0 aliphatic rings. The number of nitrogens with zero attached hydrogens (tertiary/aromatic N) is 2. The van der Waals surface area contributed by atoms with Crippen LogP contribution in [0.1, 0.15) is 31.4 Å². The third-order valence-electron chi connectivity index (χ3n) is 3.73. The van der Waals surface area contributed by atoms with Crippen molar-refractivity contribution in [3.63, 3.8) is 0 Å². The van der Waals surface area contributed by atoms with Crippen molar-refractivity contribution in [2.75, 3.05) is 5.32 Å². The Morgan fingerprint density at radius 1 is 1.30 bits per heavy atom. The fourth-order valence-corrected chi connectivity index (χ4v) is 2.36. The van der Waals surface area contributed by atoms with Crippen LogP contribution >= 0.6 is 0 Å². The maximum Gasteiger partial charge on any atom is 0.405 e. The van der Waals surface area contributed by atoms with Gasteiger partial charge in [0.15, 0.2) is 6.10 Å². The van der Waals surface area contributed by atoms with Crippen LogP contribution in [0.4, 0.5) is 10.5 Å². The molecule has 0 bridgehead atoms. The monoisotopic (exact) mass is 368 g/mol. The molecule has 1 aromatic heterocycles. The Labute approximate surface area is 156 Å². The maximum atomic E-state index is 12.1. The van der Waals surface area contributed by atoms with E-state index in [1.54, 1.807) is 37.3 Å². The van der Waals surface area contributed by atoms with Crippen LogP contribution in [0.2, 0.25) is 0 Å². The van der Waals surface area contributed by atoms with Crippen LogP contribution in [0.3, 0.4) is 0 Å². The number of amides is 2. The summed E-state index contributed by atoms with van der Waals surface area (Å²) in [5, 5.41) is 11.7. The summed E-state index contributed by atoms with van der Waals surface area (Å²) in [4.78, 5) is 27.0. The number of carbonyl (C=O) groups is 2. The van der Waals surface area contributed by atoms with E-state index in [0.717, 1.165) is 5.56 Å². The first-order valence-corrected chi connectivity index (χ1v) is 8.40. The third kappa shape index (κ3) is 5.44. The molecule has 27 heavy (non-hydrogen) atoms. The zero-order chi connectivity index (χ0) is 19.8. The molecule has 1 aromatic carbocycles. The number of rotatable bonds is 7. The number of carbonyl (C=O) groups excluding carboxylic acids is 2. The number of hydrogen-bond donors (Lipinski definition) is 2. The van der Waals surface area contributed by atoms with Crippen LogP contribution in [0.25, 0.3) is 0 Å². The number of aromatic nitrogens is 1. The standard InChI is InChI=1S/C19H20N4O4/c1-3-12-9-15(7-5-13(12)10-20)26-17-8-6-14(11-22-17)23-18(24)16(4-2)27-19(21)25/h5-9,11,16H,3-4H2,1-2H3,(H2,21,25)(H,23,24)/t16-/m1/s1. The molecule has 8 heteroatoms. The van der Waals surface area contributed by atoms with Crippen molar-refractivity contribution in [3.05, 3.63) is 47.7 Å². The van der Waals surface area contributed by atoms with E-state index < -0.39 is 18.1 Å². The molecule has 8 nitrogen and oxygen atoms in total. The molecule has 1 heterocycles. The first-order valence-electron chi connectivity index (χ1n) is 8.40. The van der Waals surface area contributed by atoms with E-state index in [1.807, 2.05) is 6.92 Å². The van der Waals surface area contributed by atoms with Crippen LogP contribution < -0.4 is 15.8 Å². The lowest BCUT2D eigenvalue weighted by molar-refractivity contribution is -0.124. The third-order valence-corrected chi connectivity index (χ3v) is 3.73. The molecular weight excluding hydrogens is 348 g/mol. The molecule has 0 aliphatic heterocycles. The zero-order valence-electron chi connectivity index (χ0n) is 15.1. The summed E-state index contributed by atoms with van der Waals surface area (Å²) in [5.41, 5.74) is 6.87. The Hall–Kier alpha value is -3.60. The predicted molar refractivity (Wildman–Crippen MR) is 98.2 cm³/mol. The van der Waals surface area contributed by atoms with Crippen molar-refractivity contribution in [2.24, 2.45) is 5.73 Å². The number of anilines is 1. The molecule has 140 valence electrons. The largest absolute Gasteiger partial charge is 0.439 e. The highest BCUT2D eigenvalue weighted by molar-refractivity contribution is 5.95. The van der Waals surface area contributed by atoms with Gasteiger partial charge in [-0.3, -0.25) is 4.79 Å². The van der Waals surface area contributed by atoms with Crippen molar-refractivity contribution in [1.82, 2.24) is 4.98 Å². The average Bonchev–Trinajstić information content (AvgIpc) is 2.67. The quantitative estimate of drug-likeness (QED) is 0.773. The lowest BCUT2D eigenvalue weighted by Gasteiger charge is -2.14. The number of nitriles is 1. The van der Waals surface area contributed by atoms with E-state index in [4.69, 9.17) is 20.5 Å². The molecule has 2 amide bonds. The minimum absolute atomic E-state index is 0.294. The van der Waals surface area contributed by atoms with Crippen molar-refractivity contribution < 1.29 is 19.1 Å². The number of nitrogens with two attached hydrogens (primary N) is 1. The number of aryl methyl sites for hydroxylation is 1. The second kappa shape index (κ2) is 9.20. The van der Waals surface area contributed by atoms with Gasteiger partial charge in [-0.2, -0.15) is 5.26 Å². The molecule has 0 fully saturated rings. The van der Waals surface area contributed by atoms with Crippen LogP contribution in [-0.2, 0) is 16.0 Å². The first kappa shape index (κ1) is 19.7. The molecule has 2 aromatic rings. The normalized spacial score (nSPS) is 11.1. The van der Waals surface area contributed by atoms with Gasteiger partial charge >= 0.3 is 6.09 Å². The van der Waals surface area contributed by atoms with E-state index in [-0.39, 0.29) is 0 Å². The molecule has 2 rings (SSSR count). The highest BCUT2D eigenvalue weighted by Crippen LogP contribution is 2.24. The maximum absolute atomic E-state index is 12.1. The summed E-state index contributed by atoms with van der Waals surface area (Å²) in [6, 6.07) is 10.5. The van der Waals surface area contributed by atoms with Crippen LogP contribution in [0.15, 0.2) is 36.5 Å². The average molecular weight is 368 g/mol. The van der Waals surface area contributed by atoms with Crippen molar-refractivity contribution >= 4 is 17.7 Å². The highest BCUT2D eigenvalue weighted by Gasteiger charge is 2.20. The number of ether oxygens (including phenoxy) is 2. The molecule has 3 N–H and O–H groups in total. The van der Waals surface area contributed by atoms with Gasteiger partial charge in [-0.05, 0) is 42.7 Å². The number of hydrogen-bond acceptors (Lipinski definition) is 6. The lowest BCUT2D eigenvalue weighted by Crippen LogP contribution is -2.33. The van der Waals surface area contributed by atoms with Gasteiger partial charge in [0, 0.05) is 6.07 Å². The first-order chi connectivity index (χ1) is 13.0. The molecule has 1 atom stereocenters. The Balaban J connectivity index is 2.04. The van der Waals surface area contributed by atoms with Gasteiger partial charge in [-0.15, -0.1) is 0 Å². The van der Waals surface area contributed by atoms with E-state index in [0.29, 0.717) is 35.7 Å². The fourth-order valence-electron chi connectivity index (χ4n) is 2.36. The second-order valence-electron chi connectivity index (χ2n) is 5.59. The Kier molecular flexibility index (Phi) is 6.72. The van der Waals surface area contributed by atoms with Gasteiger partial charge in [-0.1, -0.05) is 13.8 Å². The summed E-state index contributed by atoms with van der Waals surface area (Å²) in [5.74, 6) is 0.405. The van der Waals surface area contributed by atoms with E-state index in [9.17, 15) is 9.59 Å². The Morgan fingerprint density at radius 2 is 2.07 bits per heavy atom. The molecule has 0 saturated heterocycles. The lowest BCUT2D eigenvalue weighted by atomic mass is 10.1. The summed E-state index contributed by atoms with van der Waals surface area (Å²) >= 11 is 0. The zero-order valence-corrected chi connectivity index (χ0v) is 15.1. The van der Waals surface area contributed by atoms with Crippen LogP contribution in [0, 0.1) is 11.3 Å². The van der Waals surface area contributed by atoms with Gasteiger partial charge in [0.25, 0.3) is 5.91 Å². The van der Waals surface area contributed by atoms with Gasteiger partial charge in [0.1, 0.15) is 5.75 Å². The van der Waals surface area contributed by atoms with Gasteiger partial charge in [0.2, 0.25) is 5.88 Å². The Morgan fingerprint density at radius 3 is 2.63 bits per heavy atom. The fraction of sp³-hybridized carbons (Fsp3) is 0.263. The highest BCUT2D eigenvalue weighted by atomic mass is 16.6. The minimum Gasteiger partial charge on any atom is -0.439 e. The molecule has 0 unspecified atom stereocenters. The smallest absolute Gasteiger partial charge is 0.405 e.